The van der Waals surface area contributed by atoms with Crippen molar-refractivity contribution < 1.29 is 14.0 Å². The van der Waals surface area contributed by atoms with Gasteiger partial charge in [0.05, 0.1) is 16.6 Å². The molecule has 3 fully saturated rings. The Kier molecular flexibility index (Phi) is 6.19. The molecule has 230 valence electrons. The maximum atomic E-state index is 16.2. The predicted octanol–water partition coefficient (Wildman–Crippen LogP) is 6.67. The van der Waals surface area contributed by atoms with Crippen molar-refractivity contribution in [2.24, 2.45) is 5.92 Å². The van der Waals surface area contributed by atoms with E-state index in [0.717, 1.165) is 54.4 Å². The van der Waals surface area contributed by atoms with Crippen LogP contribution in [0.2, 0.25) is 10.0 Å². The molecule has 0 radical (unpaired) electrons. The second kappa shape index (κ2) is 10.0. The fourth-order valence-electron chi connectivity index (χ4n) is 8.50. The van der Waals surface area contributed by atoms with Crippen LogP contribution in [0, 0.1) is 11.7 Å². The fourth-order valence-corrected chi connectivity index (χ4v) is 8.85. The Morgan fingerprint density at radius 3 is 2.71 bits per heavy atom. The smallest absolute Gasteiger partial charge is 0.251 e. The lowest BCUT2D eigenvalue weighted by atomic mass is 9.71. The summed E-state index contributed by atoms with van der Waals surface area (Å²) >= 11 is 12.8. The Balaban J connectivity index is 1.23. The van der Waals surface area contributed by atoms with Gasteiger partial charge in [-0.2, -0.15) is 5.10 Å². The molecule has 2 saturated carbocycles. The van der Waals surface area contributed by atoms with Crippen LogP contribution >= 0.6 is 23.2 Å². The SMILES string of the molecule is O=C(NC1CC1)c1ccc2c3n(nc2c1)[C@@H]1[C@H](C3)N(CC2CCC2)[C@]2(Cc3ccc(Cl)cc3NC2=O)[C@H]1c1cccc(Cl)c1F. The summed E-state index contributed by atoms with van der Waals surface area (Å²) in [6.45, 7) is 0.754. The normalized spacial score (nSPS) is 27.3. The van der Waals surface area contributed by atoms with Gasteiger partial charge in [-0.1, -0.05) is 53.9 Å². The molecular weight excluding hydrogens is 612 g/mol. The fraction of sp³-hybridized carbons (Fsp3) is 0.400. The Morgan fingerprint density at radius 1 is 1.09 bits per heavy atom. The highest BCUT2D eigenvalue weighted by Crippen LogP contribution is 2.60. The lowest BCUT2D eigenvalue weighted by molar-refractivity contribution is -0.129. The van der Waals surface area contributed by atoms with Crippen molar-refractivity contribution in [1.82, 2.24) is 20.0 Å². The van der Waals surface area contributed by atoms with Crippen LogP contribution in [0.25, 0.3) is 10.9 Å². The highest BCUT2D eigenvalue weighted by molar-refractivity contribution is 6.31. The van der Waals surface area contributed by atoms with Gasteiger partial charge in [-0.3, -0.25) is 19.2 Å². The molecule has 10 heteroatoms. The first-order valence-corrected chi connectivity index (χ1v) is 16.7. The summed E-state index contributed by atoms with van der Waals surface area (Å²) in [4.78, 5) is 30.0. The Hall–Kier alpha value is -3.46. The van der Waals surface area contributed by atoms with E-state index in [1.807, 2.05) is 35.0 Å². The zero-order valence-electron chi connectivity index (χ0n) is 24.5. The quantitative estimate of drug-likeness (QED) is 0.254. The number of hydrogen-bond acceptors (Lipinski definition) is 4. The number of halogens is 3. The van der Waals surface area contributed by atoms with Crippen LogP contribution in [-0.4, -0.2) is 50.7 Å². The number of amides is 2. The standard InChI is InChI=1S/C35H32Cl2FN5O2/c36-21-9-7-20-16-35(34(45)40-26(20)14-21)30(24-5-2-6-25(37)31(24)38)32-29(42(35)17-18-3-1-4-18)15-28-23-12-8-19(13-27(23)41-43(28)32)33(44)39-22-10-11-22/h2,5-9,12-14,18,22,29-30,32H,1,3-4,10-11,15-17H2,(H,39,44)(H,40,45)/t29-,30-,32+,35+/m0/s1. The molecule has 1 spiro atoms. The number of benzene rings is 3. The third-order valence-electron chi connectivity index (χ3n) is 11.0. The van der Waals surface area contributed by atoms with Crippen molar-refractivity contribution in [3.05, 3.63) is 92.8 Å². The lowest BCUT2D eigenvalue weighted by Crippen LogP contribution is -2.62. The number of likely N-dealkylation sites (tertiary alicyclic amines) is 1. The number of carbonyl (C=O) groups excluding carboxylic acids is 2. The molecule has 0 unspecified atom stereocenters. The Morgan fingerprint density at radius 2 is 1.93 bits per heavy atom. The van der Waals surface area contributed by atoms with E-state index < -0.39 is 17.3 Å². The number of anilines is 1. The number of hydrogen-bond donors (Lipinski definition) is 2. The summed E-state index contributed by atoms with van der Waals surface area (Å²) in [6.07, 6.45) is 6.54. The molecule has 9 rings (SSSR count). The molecule has 4 aromatic rings. The minimum Gasteiger partial charge on any atom is -0.349 e. The summed E-state index contributed by atoms with van der Waals surface area (Å²) in [7, 11) is 0. The second-order valence-electron chi connectivity index (χ2n) is 13.6. The van der Waals surface area contributed by atoms with Crippen molar-refractivity contribution >= 4 is 51.6 Å². The molecule has 2 amide bonds. The highest BCUT2D eigenvalue weighted by atomic mass is 35.5. The average Bonchev–Trinajstić information content (AvgIpc) is 3.56. The monoisotopic (exact) mass is 643 g/mol. The van der Waals surface area contributed by atoms with Crippen molar-refractivity contribution in [3.8, 4) is 0 Å². The molecule has 3 aromatic carbocycles. The van der Waals surface area contributed by atoms with Crippen LogP contribution in [0.5, 0.6) is 0 Å². The van der Waals surface area contributed by atoms with Gasteiger partial charge in [0.15, 0.2) is 0 Å². The molecule has 1 aromatic heterocycles. The van der Waals surface area contributed by atoms with Crippen molar-refractivity contribution in [2.75, 3.05) is 11.9 Å². The highest BCUT2D eigenvalue weighted by Gasteiger charge is 2.67. The molecule has 4 atom stereocenters. The van der Waals surface area contributed by atoms with E-state index in [-0.39, 0.29) is 35.0 Å². The van der Waals surface area contributed by atoms with Gasteiger partial charge in [-0.15, -0.1) is 0 Å². The molecule has 4 heterocycles. The number of nitrogens with zero attached hydrogens (tertiary/aromatic N) is 3. The number of carbonyl (C=O) groups is 2. The average molecular weight is 645 g/mol. The third kappa shape index (κ3) is 4.14. The van der Waals surface area contributed by atoms with Crippen LogP contribution < -0.4 is 10.6 Å². The van der Waals surface area contributed by atoms with Gasteiger partial charge < -0.3 is 10.6 Å². The molecule has 5 aliphatic rings. The van der Waals surface area contributed by atoms with E-state index in [0.29, 0.717) is 40.6 Å². The van der Waals surface area contributed by atoms with Crippen LogP contribution in [0.4, 0.5) is 10.1 Å². The van der Waals surface area contributed by atoms with E-state index in [4.69, 9.17) is 28.3 Å². The Bertz CT molecular complexity index is 1920. The molecule has 7 nitrogen and oxygen atoms in total. The van der Waals surface area contributed by atoms with Crippen molar-refractivity contribution in [1.29, 1.82) is 0 Å². The second-order valence-corrected chi connectivity index (χ2v) is 14.4. The van der Waals surface area contributed by atoms with E-state index in [1.165, 1.54) is 6.42 Å². The van der Waals surface area contributed by atoms with Gasteiger partial charge in [-0.25, -0.2) is 4.39 Å². The van der Waals surface area contributed by atoms with Gasteiger partial charge in [0.2, 0.25) is 5.91 Å². The van der Waals surface area contributed by atoms with Crippen LogP contribution in [0.1, 0.15) is 71.2 Å². The van der Waals surface area contributed by atoms with E-state index >= 15 is 4.39 Å². The largest absolute Gasteiger partial charge is 0.349 e. The molecule has 0 bridgehead atoms. The lowest BCUT2D eigenvalue weighted by Gasteiger charge is -2.47. The van der Waals surface area contributed by atoms with Gasteiger partial charge >= 0.3 is 0 Å². The maximum Gasteiger partial charge on any atom is 0.251 e. The summed E-state index contributed by atoms with van der Waals surface area (Å²) in [5.41, 5.74) is 3.40. The zero-order chi connectivity index (χ0) is 30.6. The third-order valence-corrected chi connectivity index (χ3v) is 11.5. The summed E-state index contributed by atoms with van der Waals surface area (Å²) in [5.74, 6) is -0.826. The summed E-state index contributed by atoms with van der Waals surface area (Å²) in [5, 5.41) is 12.9. The van der Waals surface area contributed by atoms with Gasteiger partial charge in [-0.05, 0) is 73.1 Å². The first kappa shape index (κ1) is 27.8. The van der Waals surface area contributed by atoms with Crippen LogP contribution in [0.15, 0.2) is 54.6 Å². The molecule has 3 aliphatic heterocycles. The summed E-state index contributed by atoms with van der Waals surface area (Å²) < 4.78 is 18.3. The zero-order valence-corrected chi connectivity index (χ0v) is 26.0. The Labute approximate surface area is 270 Å². The minimum atomic E-state index is -1.07. The topological polar surface area (TPSA) is 79.3 Å². The number of rotatable bonds is 5. The van der Waals surface area contributed by atoms with Gasteiger partial charge in [0.1, 0.15) is 11.4 Å². The van der Waals surface area contributed by atoms with Crippen LogP contribution in [0.3, 0.4) is 0 Å². The van der Waals surface area contributed by atoms with E-state index in [1.54, 1.807) is 24.3 Å². The predicted molar refractivity (Wildman–Crippen MR) is 171 cm³/mol. The minimum absolute atomic E-state index is 0.0372. The van der Waals surface area contributed by atoms with Crippen LogP contribution in [-0.2, 0) is 17.6 Å². The van der Waals surface area contributed by atoms with Crippen molar-refractivity contribution in [2.45, 2.75) is 74.5 Å². The maximum absolute atomic E-state index is 16.2. The summed E-state index contributed by atoms with van der Waals surface area (Å²) in [6, 6.07) is 16.3. The molecule has 2 N–H and O–H groups in total. The first-order chi connectivity index (χ1) is 21.8. The van der Waals surface area contributed by atoms with E-state index in [9.17, 15) is 9.59 Å². The van der Waals surface area contributed by atoms with E-state index in [2.05, 4.69) is 15.5 Å². The molecule has 1 saturated heterocycles. The number of nitrogens with one attached hydrogen (secondary N) is 2. The molecular formula is C35H32Cl2FN5O2. The number of fused-ring (bicyclic) bond motifs is 6. The molecule has 45 heavy (non-hydrogen) atoms. The van der Waals surface area contributed by atoms with Crippen molar-refractivity contribution in [3.63, 3.8) is 0 Å². The van der Waals surface area contributed by atoms with Gasteiger partial charge in [0.25, 0.3) is 5.91 Å². The van der Waals surface area contributed by atoms with Gasteiger partial charge in [0, 0.05) is 64.7 Å². The molecule has 2 aliphatic carbocycles. The number of aromatic nitrogens is 2. The first-order valence-electron chi connectivity index (χ1n) is 15.9.